The number of aromatic nitrogens is 3. The Kier molecular flexibility index (Phi) is 4.37. The number of rotatable bonds is 6. The van der Waals surface area contributed by atoms with E-state index in [9.17, 15) is 4.79 Å². The lowest BCUT2D eigenvalue weighted by atomic mass is 10.3. The maximum absolute atomic E-state index is 11.9. The van der Waals surface area contributed by atoms with Crippen molar-refractivity contribution in [3.8, 4) is 11.5 Å². The molecule has 0 bridgehead atoms. The Labute approximate surface area is 132 Å². The molecule has 1 N–H and O–H groups in total. The Morgan fingerprint density at radius 3 is 2.70 bits per heavy atom. The molecule has 2 heterocycles. The fourth-order valence-corrected chi connectivity index (χ4v) is 2.06. The van der Waals surface area contributed by atoms with Gasteiger partial charge >= 0.3 is 0 Å². The van der Waals surface area contributed by atoms with Gasteiger partial charge in [-0.2, -0.15) is 0 Å². The third-order valence-corrected chi connectivity index (χ3v) is 3.26. The van der Waals surface area contributed by atoms with Crippen molar-refractivity contribution in [2.75, 3.05) is 13.7 Å². The summed E-state index contributed by atoms with van der Waals surface area (Å²) < 4.78 is 12.3. The zero-order chi connectivity index (χ0) is 16.1. The number of fused-ring (bicyclic) bond motifs is 1. The summed E-state index contributed by atoms with van der Waals surface area (Å²) in [6, 6.07) is 12.7. The summed E-state index contributed by atoms with van der Waals surface area (Å²) in [6.45, 7) is 0.221. The van der Waals surface area contributed by atoms with Crippen LogP contribution in [0, 0.1) is 0 Å². The number of hydrogen-bond acceptors (Lipinski definition) is 5. The first kappa shape index (κ1) is 14.8. The molecule has 7 heteroatoms. The van der Waals surface area contributed by atoms with Gasteiger partial charge in [0.25, 0.3) is 5.91 Å². The highest BCUT2D eigenvalue weighted by Gasteiger charge is 2.07. The van der Waals surface area contributed by atoms with Crippen LogP contribution in [0.2, 0.25) is 0 Å². The van der Waals surface area contributed by atoms with Crippen molar-refractivity contribution in [2.24, 2.45) is 0 Å². The molecule has 0 unspecified atom stereocenters. The van der Waals surface area contributed by atoms with Crippen LogP contribution in [-0.2, 0) is 11.3 Å². The summed E-state index contributed by atoms with van der Waals surface area (Å²) >= 11 is 0. The average molecular weight is 312 g/mol. The third-order valence-electron chi connectivity index (χ3n) is 3.26. The lowest BCUT2D eigenvalue weighted by Crippen LogP contribution is -2.29. The lowest BCUT2D eigenvalue weighted by molar-refractivity contribution is -0.123. The van der Waals surface area contributed by atoms with Crippen LogP contribution in [0.3, 0.4) is 0 Å². The topological polar surface area (TPSA) is 77.8 Å². The number of carbonyl (C=O) groups excluding carboxylic acids is 1. The molecule has 3 aromatic rings. The van der Waals surface area contributed by atoms with Crippen LogP contribution in [0.4, 0.5) is 0 Å². The molecular formula is C16H16N4O3. The Hall–Kier alpha value is -3.09. The number of nitrogens with one attached hydrogen (secondary N) is 1. The van der Waals surface area contributed by atoms with Crippen LogP contribution in [-0.4, -0.2) is 34.2 Å². The van der Waals surface area contributed by atoms with E-state index in [0.29, 0.717) is 11.6 Å². The Morgan fingerprint density at radius 2 is 1.91 bits per heavy atom. The molecule has 0 saturated heterocycles. The predicted octanol–water partition coefficient (Wildman–Crippen LogP) is 1.43. The van der Waals surface area contributed by atoms with E-state index >= 15 is 0 Å². The van der Waals surface area contributed by atoms with Crippen LogP contribution >= 0.6 is 0 Å². The number of ether oxygens (including phenoxy) is 2. The van der Waals surface area contributed by atoms with Gasteiger partial charge in [-0.05, 0) is 36.4 Å². The van der Waals surface area contributed by atoms with E-state index in [-0.39, 0.29) is 19.1 Å². The molecule has 0 aliphatic rings. The molecule has 0 aliphatic heterocycles. The zero-order valence-corrected chi connectivity index (χ0v) is 12.6. The molecule has 0 saturated carbocycles. The second-order valence-electron chi connectivity index (χ2n) is 4.79. The summed E-state index contributed by atoms with van der Waals surface area (Å²) in [4.78, 5) is 11.9. The zero-order valence-electron chi connectivity index (χ0n) is 12.6. The second-order valence-corrected chi connectivity index (χ2v) is 4.79. The standard InChI is InChI=1S/C16H16N4O3/c1-22-12-5-7-13(8-6-12)23-11-16(21)17-10-15-19-18-14-4-2-3-9-20(14)15/h2-9H,10-11H2,1H3,(H,17,21). The van der Waals surface area contributed by atoms with Crippen LogP contribution in [0.15, 0.2) is 48.7 Å². The van der Waals surface area contributed by atoms with Crippen molar-refractivity contribution in [1.82, 2.24) is 19.9 Å². The summed E-state index contributed by atoms with van der Waals surface area (Å²) in [5.41, 5.74) is 0.742. The fourth-order valence-electron chi connectivity index (χ4n) is 2.06. The maximum Gasteiger partial charge on any atom is 0.258 e. The fraction of sp³-hybridized carbons (Fsp3) is 0.188. The van der Waals surface area contributed by atoms with Gasteiger partial charge in [0, 0.05) is 6.20 Å². The normalized spacial score (nSPS) is 10.5. The van der Waals surface area contributed by atoms with Gasteiger partial charge in [0.15, 0.2) is 18.1 Å². The molecule has 0 aliphatic carbocycles. The van der Waals surface area contributed by atoms with Crippen molar-refractivity contribution in [1.29, 1.82) is 0 Å². The number of amides is 1. The number of benzene rings is 1. The lowest BCUT2D eigenvalue weighted by Gasteiger charge is -2.07. The van der Waals surface area contributed by atoms with Crippen molar-refractivity contribution < 1.29 is 14.3 Å². The van der Waals surface area contributed by atoms with Gasteiger partial charge < -0.3 is 14.8 Å². The summed E-state index contributed by atoms with van der Waals surface area (Å²) in [5.74, 6) is 1.78. The molecule has 0 fully saturated rings. The molecule has 2 aromatic heterocycles. The molecule has 0 atom stereocenters. The van der Waals surface area contributed by atoms with E-state index in [0.717, 1.165) is 11.4 Å². The van der Waals surface area contributed by atoms with Crippen molar-refractivity contribution >= 4 is 11.6 Å². The molecule has 118 valence electrons. The minimum Gasteiger partial charge on any atom is -0.497 e. The van der Waals surface area contributed by atoms with E-state index in [1.807, 2.05) is 28.8 Å². The molecular weight excluding hydrogens is 296 g/mol. The van der Waals surface area contributed by atoms with E-state index in [4.69, 9.17) is 9.47 Å². The molecule has 23 heavy (non-hydrogen) atoms. The van der Waals surface area contributed by atoms with Gasteiger partial charge in [0.05, 0.1) is 13.7 Å². The Morgan fingerprint density at radius 1 is 1.13 bits per heavy atom. The summed E-state index contributed by atoms with van der Waals surface area (Å²) in [6.07, 6.45) is 1.85. The number of pyridine rings is 1. The summed E-state index contributed by atoms with van der Waals surface area (Å²) in [7, 11) is 1.59. The van der Waals surface area contributed by atoms with Gasteiger partial charge in [-0.15, -0.1) is 10.2 Å². The number of methoxy groups -OCH3 is 1. The van der Waals surface area contributed by atoms with E-state index in [1.54, 1.807) is 31.4 Å². The van der Waals surface area contributed by atoms with Gasteiger partial charge in [0.1, 0.15) is 11.5 Å². The minimum absolute atomic E-state index is 0.0664. The van der Waals surface area contributed by atoms with E-state index < -0.39 is 0 Å². The number of nitrogens with zero attached hydrogens (tertiary/aromatic N) is 3. The quantitative estimate of drug-likeness (QED) is 0.745. The summed E-state index contributed by atoms with van der Waals surface area (Å²) in [5, 5.41) is 10.8. The molecule has 0 spiro atoms. The average Bonchev–Trinajstić information content (AvgIpc) is 3.02. The highest BCUT2D eigenvalue weighted by Crippen LogP contribution is 2.16. The first-order chi connectivity index (χ1) is 11.3. The molecule has 3 rings (SSSR count). The van der Waals surface area contributed by atoms with Gasteiger partial charge in [-0.1, -0.05) is 6.07 Å². The molecule has 7 nitrogen and oxygen atoms in total. The first-order valence-corrected chi connectivity index (χ1v) is 7.08. The number of carbonyl (C=O) groups is 1. The SMILES string of the molecule is COc1ccc(OCC(=O)NCc2nnc3ccccn23)cc1. The smallest absolute Gasteiger partial charge is 0.258 e. The third kappa shape index (κ3) is 3.57. The molecule has 0 radical (unpaired) electrons. The van der Waals surface area contributed by atoms with Crippen LogP contribution in [0.1, 0.15) is 5.82 Å². The van der Waals surface area contributed by atoms with Crippen LogP contribution in [0.5, 0.6) is 11.5 Å². The Balaban J connectivity index is 1.51. The van der Waals surface area contributed by atoms with Crippen molar-refractivity contribution in [2.45, 2.75) is 6.54 Å². The molecule has 1 amide bonds. The van der Waals surface area contributed by atoms with Crippen molar-refractivity contribution in [3.05, 3.63) is 54.5 Å². The number of hydrogen-bond donors (Lipinski definition) is 1. The highest BCUT2D eigenvalue weighted by molar-refractivity contribution is 5.77. The van der Waals surface area contributed by atoms with Gasteiger partial charge in [-0.25, -0.2) is 0 Å². The first-order valence-electron chi connectivity index (χ1n) is 7.08. The second kappa shape index (κ2) is 6.78. The van der Waals surface area contributed by atoms with E-state index in [1.165, 1.54) is 0 Å². The maximum atomic E-state index is 11.9. The van der Waals surface area contributed by atoms with Crippen LogP contribution in [0.25, 0.3) is 5.65 Å². The van der Waals surface area contributed by atoms with Gasteiger partial charge in [0.2, 0.25) is 0 Å². The largest absolute Gasteiger partial charge is 0.497 e. The monoisotopic (exact) mass is 312 g/mol. The van der Waals surface area contributed by atoms with E-state index in [2.05, 4.69) is 15.5 Å². The Bertz CT molecular complexity index is 798. The van der Waals surface area contributed by atoms with Crippen LogP contribution < -0.4 is 14.8 Å². The predicted molar refractivity (Wildman–Crippen MR) is 83.3 cm³/mol. The minimum atomic E-state index is -0.228. The molecule has 1 aromatic carbocycles. The highest BCUT2D eigenvalue weighted by atomic mass is 16.5. The van der Waals surface area contributed by atoms with Gasteiger partial charge in [-0.3, -0.25) is 9.20 Å². The van der Waals surface area contributed by atoms with Crippen molar-refractivity contribution in [3.63, 3.8) is 0 Å².